The molecule has 0 radical (unpaired) electrons. The SMILES string of the molecule is CN(C)c1ccc(C2NC(=O)NC(O)(C(F)(F)F)C2C(=O)c2cccnc2)cc1. The Hall–Kier alpha value is -3.14. The third-order valence-electron chi connectivity index (χ3n) is 4.80. The molecule has 3 atom stereocenters. The predicted molar refractivity (Wildman–Crippen MR) is 98.2 cm³/mol. The molecule has 3 rings (SSSR count). The van der Waals surface area contributed by atoms with Gasteiger partial charge < -0.3 is 20.6 Å². The van der Waals surface area contributed by atoms with E-state index in [9.17, 15) is 27.9 Å². The lowest BCUT2D eigenvalue weighted by Crippen LogP contribution is -2.72. The second-order valence-electron chi connectivity index (χ2n) is 6.91. The largest absolute Gasteiger partial charge is 0.437 e. The van der Waals surface area contributed by atoms with Crippen molar-refractivity contribution in [2.75, 3.05) is 19.0 Å². The summed E-state index contributed by atoms with van der Waals surface area (Å²) in [6.07, 6.45) is -2.82. The van der Waals surface area contributed by atoms with Crippen molar-refractivity contribution in [3.63, 3.8) is 0 Å². The maximum Gasteiger partial charge on any atom is 0.437 e. The first-order valence-electron chi connectivity index (χ1n) is 8.64. The van der Waals surface area contributed by atoms with Gasteiger partial charge in [-0.25, -0.2) is 4.79 Å². The van der Waals surface area contributed by atoms with Crippen LogP contribution in [-0.4, -0.2) is 47.9 Å². The van der Waals surface area contributed by atoms with Crippen molar-refractivity contribution < 1.29 is 27.9 Å². The summed E-state index contributed by atoms with van der Waals surface area (Å²) >= 11 is 0. The lowest BCUT2D eigenvalue weighted by atomic mass is 9.77. The summed E-state index contributed by atoms with van der Waals surface area (Å²) < 4.78 is 41.5. The van der Waals surface area contributed by atoms with Crippen LogP contribution in [0.2, 0.25) is 0 Å². The first-order valence-corrected chi connectivity index (χ1v) is 8.64. The highest BCUT2D eigenvalue weighted by Crippen LogP contribution is 2.44. The number of rotatable bonds is 4. The number of hydrogen-bond donors (Lipinski definition) is 3. The number of benzene rings is 1. The van der Waals surface area contributed by atoms with Gasteiger partial charge in [-0.2, -0.15) is 13.2 Å². The van der Waals surface area contributed by atoms with Crippen molar-refractivity contribution in [1.29, 1.82) is 0 Å². The Labute approximate surface area is 164 Å². The fraction of sp³-hybridized carbons (Fsp3) is 0.316. The normalized spacial score (nSPS) is 24.4. The molecule has 2 amide bonds. The number of Topliss-reactive ketones (excluding diaryl/α,β-unsaturated/α-hetero) is 1. The molecular weight excluding hydrogens is 389 g/mol. The molecule has 1 saturated heterocycles. The predicted octanol–water partition coefficient (Wildman–Crippen LogP) is 2.25. The minimum atomic E-state index is -5.30. The molecule has 3 unspecified atom stereocenters. The fourth-order valence-corrected chi connectivity index (χ4v) is 3.28. The van der Waals surface area contributed by atoms with Gasteiger partial charge >= 0.3 is 12.2 Å². The molecule has 0 aliphatic carbocycles. The molecule has 1 fully saturated rings. The van der Waals surface area contributed by atoms with Crippen LogP contribution in [0.5, 0.6) is 0 Å². The molecule has 0 saturated carbocycles. The average Bonchev–Trinajstić information content (AvgIpc) is 2.67. The van der Waals surface area contributed by atoms with Gasteiger partial charge in [-0.05, 0) is 29.8 Å². The van der Waals surface area contributed by atoms with E-state index in [1.165, 1.54) is 35.8 Å². The molecular formula is C19H19F3N4O3. The summed E-state index contributed by atoms with van der Waals surface area (Å²) in [5.41, 5.74) is -2.86. The van der Waals surface area contributed by atoms with Crippen LogP contribution in [0.25, 0.3) is 0 Å². The monoisotopic (exact) mass is 408 g/mol. The Morgan fingerprint density at radius 2 is 1.86 bits per heavy atom. The van der Waals surface area contributed by atoms with E-state index in [2.05, 4.69) is 10.3 Å². The van der Waals surface area contributed by atoms with Crippen LogP contribution in [0.4, 0.5) is 23.7 Å². The van der Waals surface area contributed by atoms with Crippen LogP contribution in [0.1, 0.15) is 22.0 Å². The van der Waals surface area contributed by atoms with E-state index in [4.69, 9.17) is 0 Å². The molecule has 2 heterocycles. The molecule has 3 N–H and O–H groups in total. The highest BCUT2D eigenvalue weighted by molar-refractivity contribution is 6.00. The van der Waals surface area contributed by atoms with Crippen LogP contribution in [-0.2, 0) is 0 Å². The van der Waals surface area contributed by atoms with Gasteiger partial charge in [-0.3, -0.25) is 9.78 Å². The van der Waals surface area contributed by atoms with E-state index in [0.717, 1.165) is 11.9 Å². The minimum Gasteiger partial charge on any atom is -0.378 e. The average molecular weight is 408 g/mol. The number of amides is 2. The van der Waals surface area contributed by atoms with Gasteiger partial charge in [0, 0.05) is 37.7 Å². The van der Waals surface area contributed by atoms with Gasteiger partial charge in [-0.1, -0.05) is 12.1 Å². The smallest absolute Gasteiger partial charge is 0.378 e. The van der Waals surface area contributed by atoms with Gasteiger partial charge in [0.2, 0.25) is 5.72 Å². The Bertz CT molecular complexity index is 903. The van der Waals surface area contributed by atoms with Crippen molar-refractivity contribution in [2.45, 2.75) is 17.9 Å². The number of halogens is 3. The quantitative estimate of drug-likeness (QED) is 0.675. The number of aromatic nitrogens is 1. The third-order valence-corrected chi connectivity index (χ3v) is 4.80. The molecule has 1 aliphatic heterocycles. The van der Waals surface area contributed by atoms with Crippen LogP contribution >= 0.6 is 0 Å². The van der Waals surface area contributed by atoms with Crippen LogP contribution in [0, 0.1) is 5.92 Å². The minimum absolute atomic E-state index is 0.118. The number of aliphatic hydroxyl groups is 1. The molecule has 7 nitrogen and oxygen atoms in total. The van der Waals surface area contributed by atoms with Crippen LogP contribution in [0.3, 0.4) is 0 Å². The Morgan fingerprint density at radius 1 is 1.21 bits per heavy atom. The Morgan fingerprint density at radius 3 is 2.38 bits per heavy atom. The Kier molecular flexibility index (Phi) is 5.22. The number of ketones is 1. The van der Waals surface area contributed by atoms with Gasteiger partial charge in [0.1, 0.15) is 5.92 Å². The molecule has 0 spiro atoms. The fourth-order valence-electron chi connectivity index (χ4n) is 3.28. The highest BCUT2D eigenvalue weighted by Gasteiger charge is 2.66. The van der Waals surface area contributed by atoms with Gasteiger partial charge in [0.25, 0.3) is 0 Å². The molecule has 0 bridgehead atoms. The second kappa shape index (κ2) is 7.36. The first kappa shape index (κ1) is 20.6. The maximum absolute atomic E-state index is 13.8. The van der Waals surface area contributed by atoms with Gasteiger partial charge in [0.15, 0.2) is 5.78 Å². The lowest BCUT2D eigenvalue weighted by Gasteiger charge is -2.45. The van der Waals surface area contributed by atoms with Crippen molar-refractivity contribution in [2.24, 2.45) is 5.92 Å². The molecule has 154 valence electrons. The molecule has 2 aromatic rings. The summed E-state index contributed by atoms with van der Waals surface area (Å²) in [4.78, 5) is 30.5. The third kappa shape index (κ3) is 3.75. The number of pyridine rings is 1. The van der Waals surface area contributed by atoms with E-state index in [1.54, 1.807) is 31.1 Å². The van der Waals surface area contributed by atoms with Crippen LogP contribution in [0.15, 0.2) is 48.8 Å². The van der Waals surface area contributed by atoms with E-state index in [0.29, 0.717) is 0 Å². The summed E-state index contributed by atoms with van der Waals surface area (Å²) in [5, 5.41) is 14.3. The number of nitrogens with one attached hydrogen (secondary N) is 2. The zero-order valence-electron chi connectivity index (χ0n) is 15.6. The second-order valence-corrected chi connectivity index (χ2v) is 6.91. The number of carbonyl (C=O) groups excluding carboxylic acids is 2. The number of nitrogens with zero attached hydrogens (tertiary/aromatic N) is 2. The zero-order chi connectivity index (χ0) is 21.4. The van der Waals surface area contributed by atoms with E-state index < -0.39 is 35.7 Å². The molecule has 29 heavy (non-hydrogen) atoms. The molecule has 1 aromatic heterocycles. The zero-order valence-corrected chi connectivity index (χ0v) is 15.6. The van der Waals surface area contributed by atoms with E-state index >= 15 is 0 Å². The molecule has 10 heteroatoms. The van der Waals surface area contributed by atoms with Crippen molar-refractivity contribution in [1.82, 2.24) is 15.6 Å². The first-order chi connectivity index (χ1) is 13.5. The number of alkyl halides is 3. The number of anilines is 1. The highest BCUT2D eigenvalue weighted by atomic mass is 19.4. The topological polar surface area (TPSA) is 94.6 Å². The number of carbonyl (C=O) groups is 2. The Balaban J connectivity index is 2.13. The number of hydrogen-bond acceptors (Lipinski definition) is 5. The number of urea groups is 1. The van der Waals surface area contributed by atoms with E-state index in [-0.39, 0.29) is 11.1 Å². The maximum atomic E-state index is 13.8. The van der Waals surface area contributed by atoms with Crippen molar-refractivity contribution >= 4 is 17.5 Å². The molecule has 1 aliphatic rings. The van der Waals surface area contributed by atoms with E-state index in [1.807, 2.05) is 0 Å². The van der Waals surface area contributed by atoms with Gasteiger partial charge in [0.05, 0.1) is 6.04 Å². The lowest BCUT2D eigenvalue weighted by molar-refractivity contribution is -0.287. The van der Waals surface area contributed by atoms with Crippen molar-refractivity contribution in [3.8, 4) is 0 Å². The van der Waals surface area contributed by atoms with Gasteiger partial charge in [-0.15, -0.1) is 0 Å². The molecule has 1 aromatic carbocycles. The summed E-state index contributed by atoms with van der Waals surface area (Å²) in [6, 6.07) is 6.34. The van der Waals surface area contributed by atoms with Crippen LogP contribution < -0.4 is 15.5 Å². The standard InChI is InChI=1S/C19H19F3N4O3/c1-26(2)13-7-5-11(6-8-13)15-14(16(27)12-4-3-9-23-10-12)18(29,19(20,21)22)25-17(28)24-15/h3-10,14-15,29H,1-2H3,(H2,24,25,28). The summed E-state index contributed by atoms with van der Waals surface area (Å²) in [7, 11) is 3.58. The van der Waals surface area contributed by atoms with Crippen molar-refractivity contribution in [3.05, 3.63) is 59.9 Å². The summed E-state index contributed by atoms with van der Waals surface area (Å²) in [5.74, 6) is -3.08. The summed E-state index contributed by atoms with van der Waals surface area (Å²) in [6.45, 7) is 0.